The maximum Gasteiger partial charge on any atom is 0.173 e. The number of Topliss-reactive ketones (excluding diaryl/α,β-unsaturated/α-hetero) is 1. The van der Waals surface area contributed by atoms with Crippen molar-refractivity contribution >= 4 is 44.4 Å². The number of carbonyl (C=O) groups is 1. The van der Waals surface area contributed by atoms with Crippen LogP contribution in [-0.2, 0) is 19.4 Å². The first-order valence-corrected chi connectivity index (χ1v) is 16.1. The van der Waals surface area contributed by atoms with Crippen LogP contribution in [0.2, 0.25) is 0 Å². The number of aromatic nitrogens is 2. The minimum Gasteiger partial charge on any atom is -0.326 e. The van der Waals surface area contributed by atoms with Crippen molar-refractivity contribution < 1.29 is 4.79 Å². The first-order valence-electron chi connectivity index (χ1n) is 13.2. The molecule has 42 heavy (non-hydrogen) atoms. The van der Waals surface area contributed by atoms with Gasteiger partial charge in [0.1, 0.15) is 0 Å². The number of nitriles is 2. The topological polar surface area (TPSA) is 116 Å². The average molecular weight is 657 g/mol. The van der Waals surface area contributed by atoms with E-state index in [-0.39, 0.29) is 5.78 Å². The summed E-state index contributed by atoms with van der Waals surface area (Å²) in [7, 11) is 0. The Hall–Kier alpha value is -3.99. The van der Waals surface area contributed by atoms with Crippen LogP contribution in [0.4, 0.5) is 0 Å². The number of hydrogen-bond acceptors (Lipinski definition) is 8. The Kier molecular flexibility index (Phi) is 13.2. The van der Waals surface area contributed by atoms with Crippen LogP contribution in [-0.4, -0.2) is 21.1 Å². The van der Waals surface area contributed by atoms with Crippen molar-refractivity contribution in [1.82, 2.24) is 9.97 Å². The predicted molar refractivity (Wildman–Crippen MR) is 176 cm³/mol. The molecule has 0 atom stereocenters. The van der Waals surface area contributed by atoms with Gasteiger partial charge in [0, 0.05) is 34.0 Å². The fourth-order valence-corrected chi connectivity index (χ4v) is 5.38. The van der Waals surface area contributed by atoms with Crippen LogP contribution in [0.5, 0.6) is 0 Å². The minimum absolute atomic E-state index is 0.0273. The van der Waals surface area contributed by atoms with E-state index >= 15 is 0 Å². The lowest BCUT2D eigenvalue weighted by molar-refractivity contribution is 0.102. The Balaban J connectivity index is 0.000000174. The highest BCUT2D eigenvalue weighted by Crippen LogP contribution is 2.23. The third-order valence-corrected chi connectivity index (χ3v) is 8.46. The van der Waals surface area contributed by atoms with Crippen molar-refractivity contribution in [1.29, 1.82) is 10.5 Å². The third kappa shape index (κ3) is 9.54. The van der Waals surface area contributed by atoms with E-state index in [1.54, 1.807) is 46.9 Å². The summed E-state index contributed by atoms with van der Waals surface area (Å²) in [6.07, 6.45) is 1.98. The molecule has 2 aromatic heterocycles. The van der Waals surface area contributed by atoms with Crippen molar-refractivity contribution in [3.8, 4) is 34.7 Å². The van der Waals surface area contributed by atoms with E-state index in [1.165, 1.54) is 10.6 Å². The van der Waals surface area contributed by atoms with Gasteiger partial charge in [-0.15, -0.1) is 22.7 Å². The van der Waals surface area contributed by atoms with E-state index in [9.17, 15) is 4.79 Å². The number of alkyl halides is 1. The highest BCUT2D eigenvalue weighted by molar-refractivity contribution is 9.09. The summed E-state index contributed by atoms with van der Waals surface area (Å²) in [5, 5.41) is 24.0. The van der Waals surface area contributed by atoms with Crippen molar-refractivity contribution in [2.75, 3.05) is 5.33 Å². The molecule has 5 rings (SSSR count). The molecule has 0 amide bonds. The summed E-state index contributed by atoms with van der Waals surface area (Å²) in [5.41, 5.74) is 12.9. The fourth-order valence-electron chi connectivity index (χ4n) is 3.55. The highest BCUT2D eigenvalue weighted by atomic mass is 79.9. The molecule has 0 saturated carbocycles. The van der Waals surface area contributed by atoms with E-state index in [4.69, 9.17) is 16.3 Å². The van der Waals surface area contributed by atoms with E-state index in [1.807, 2.05) is 30.3 Å². The number of halogens is 1. The summed E-state index contributed by atoms with van der Waals surface area (Å²) in [5.74, 6) is 0.0273. The zero-order valence-electron chi connectivity index (χ0n) is 23.4. The van der Waals surface area contributed by atoms with E-state index in [0.717, 1.165) is 40.4 Å². The van der Waals surface area contributed by atoms with Crippen LogP contribution in [0.1, 0.15) is 50.9 Å². The van der Waals surface area contributed by atoms with E-state index < -0.39 is 0 Å². The summed E-state index contributed by atoms with van der Waals surface area (Å²) in [4.78, 5) is 20.1. The van der Waals surface area contributed by atoms with Crippen LogP contribution >= 0.6 is 38.6 Å². The molecular formula is C33H30BrN5OS2. The lowest BCUT2D eigenvalue weighted by Crippen LogP contribution is -1.98. The van der Waals surface area contributed by atoms with Crippen LogP contribution in [0, 0.1) is 22.7 Å². The quantitative estimate of drug-likeness (QED) is 0.139. The van der Waals surface area contributed by atoms with Crippen molar-refractivity contribution in [2.45, 2.75) is 33.2 Å². The number of hydrogen-bond donors (Lipinski definition) is 1. The number of ketones is 1. The zero-order valence-corrected chi connectivity index (χ0v) is 26.6. The lowest BCUT2D eigenvalue weighted by atomic mass is 10.1. The molecule has 0 spiro atoms. The molecule has 0 unspecified atom stereocenters. The Bertz CT molecular complexity index is 1650. The number of nitrogens with two attached hydrogens (primary N) is 1. The molecule has 6 nitrogen and oxygen atoms in total. The van der Waals surface area contributed by atoms with Crippen LogP contribution in [0.15, 0.2) is 83.6 Å². The molecule has 0 bridgehead atoms. The van der Waals surface area contributed by atoms with Gasteiger partial charge in [0.15, 0.2) is 5.78 Å². The fraction of sp³-hybridized carbons (Fsp3) is 0.182. The van der Waals surface area contributed by atoms with Gasteiger partial charge >= 0.3 is 0 Å². The molecule has 0 fully saturated rings. The molecule has 212 valence electrons. The SMILES string of the molecule is CCc1nc(-c2ccc(C#N)cc2)cs1.CCc1nc(-c2ccc(CN)cc2)cs1.N#Cc1ccc(C(=O)CBr)cc1. The minimum atomic E-state index is 0.0273. The molecule has 0 aliphatic rings. The van der Waals surface area contributed by atoms with E-state index in [2.05, 4.69) is 80.8 Å². The van der Waals surface area contributed by atoms with Crippen molar-refractivity contribution in [2.24, 2.45) is 5.73 Å². The second-order valence-corrected chi connectivity index (χ2v) is 11.2. The Labute approximate surface area is 263 Å². The largest absolute Gasteiger partial charge is 0.326 e. The van der Waals surface area contributed by atoms with Crippen molar-refractivity contribution in [3.05, 3.63) is 116 Å². The second-order valence-electron chi connectivity index (χ2n) is 8.80. The number of benzene rings is 3. The zero-order chi connectivity index (χ0) is 30.3. The number of aryl methyl sites for hydroxylation is 2. The number of carbonyl (C=O) groups excluding carboxylic acids is 1. The molecule has 5 aromatic rings. The summed E-state index contributed by atoms with van der Waals surface area (Å²) in [6, 6.07) is 26.5. The molecule has 0 aliphatic heterocycles. The van der Waals surface area contributed by atoms with Gasteiger partial charge in [-0.1, -0.05) is 78.3 Å². The van der Waals surface area contributed by atoms with Gasteiger partial charge in [-0.25, -0.2) is 9.97 Å². The number of rotatable bonds is 7. The summed E-state index contributed by atoms with van der Waals surface area (Å²) < 4.78 is 0. The monoisotopic (exact) mass is 655 g/mol. The van der Waals surface area contributed by atoms with Crippen molar-refractivity contribution in [3.63, 3.8) is 0 Å². The molecule has 0 saturated heterocycles. The number of nitrogens with zero attached hydrogens (tertiary/aromatic N) is 4. The van der Waals surface area contributed by atoms with Gasteiger partial charge in [-0.3, -0.25) is 4.79 Å². The maximum atomic E-state index is 11.1. The molecular weight excluding hydrogens is 626 g/mol. The maximum absolute atomic E-state index is 11.1. The smallest absolute Gasteiger partial charge is 0.173 e. The molecule has 0 radical (unpaired) electrons. The Morgan fingerprint density at radius 2 is 1.19 bits per heavy atom. The highest BCUT2D eigenvalue weighted by Gasteiger charge is 2.04. The molecule has 0 aliphatic carbocycles. The van der Waals surface area contributed by atoms with Gasteiger partial charge in [0.2, 0.25) is 0 Å². The summed E-state index contributed by atoms with van der Waals surface area (Å²) in [6.45, 7) is 4.82. The van der Waals surface area contributed by atoms with Crippen LogP contribution in [0.3, 0.4) is 0 Å². The molecule has 3 aromatic carbocycles. The van der Waals surface area contributed by atoms with Gasteiger partial charge in [0.25, 0.3) is 0 Å². The first kappa shape index (κ1) is 32.5. The summed E-state index contributed by atoms with van der Waals surface area (Å²) >= 11 is 6.47. The molecule has 9 heteroatoms. The van der Waals surface area contributed by atoms with Gasteiger partial charge in [-0.2, -0.15) is 10.5 Å². The van der Waals surface area contributed by atoms with E-state index in [0.29, 0.717) is 28.6 Å². The van der Waals surface area contributed by atoms with Gasteiger partial charge in [0.05, 0.1) is 50.0 Å². The van der Waals surface area contributed by atoms with Crippen LogP contribution < -0.4 is 5.73 Å². The molecule has 2 heterocycles. The first-order chi connectivity index (χ1) is 20.4. The van der Waals surface area contributed by atoms with Crippen LogP contribution in [0.25, 0.3) is 22.5 Å². The number of thiazole rings is 2. The third-order valence-electron chi connectivity index (χ3n) is 5.96. The normalized spacial score (nSPS) is 9.86. The standard InChI is InChI=1S/C12H14N2S.C12H10N2S.C9H6BrNO/c2*1-2-12-14-11(8-15-12)10-5-3-9(7-13)4-6-10;10-5-9(12)8-3-1-7(6-11)2-4-8/h3-6,8H,2,7,13H2,1H3;3-6,8H,2H2,1H3;1-4H,5H2. The molecule has 2 N–H and O–H groups in total. The van der Waals surface area contributed by atoms with Gasteiger partial charge in [-0.05, 0) is 42.7 Å². The predicted octanol–water partition coefficient (Wildman–Crippen LogP) is 8.21. The van der Waals surface area contributed by atoms with Gasteiger partial charge < -0.3 is 5.73 Å². The second kappa shape index (κ2) is 17.1. The Morgan fingerprint density at radius 3 is 1.55 bits per heavy atom. The Morgan fingerprint density at radius 1 is 0.762 bits per heavy atom. The lowest BCUT2D eigenvalue weighted by Gasteiger charge is -1.98. The average Bonchev–Trinajstić information content (AvgIpc) is 3.75.